The highest BCUT2D eigenvalue weighted by Gasteiger charge is 2.12. The number of primary amides is 1. The van der Waals surface area contributed by atoms with Crippen molar-refractivity contribution in [1.29, 1.82) is 0 Å². The van der Waals surface area contributed by atoms with Crippen molar-refractivity contribution in [3.8, 4) is 0 Å². The molecule has 2 aromatic carbocycles. The van der Waals surface area contributed by atoms with Crippen molar-refractivity contribution < 1.29 is 9.59 Å². The molecule has 0 aliphatic rings. The summed E-state index contributed by atoms with van der Waals surface area (Å²) in [4.78, 5) is 24.1. The molecule has 120 valence electrons. The number of amides is 2. The first kappa shape index (κ1) is 17.1. The summed E-state index contributed by atoms with van der Waals surface area (Å²) in [6, 6.07) is 15.0. The Morgan fingerprint density at radius 3 is 2.35 bits per heavy atom. The van der Waals surface area contributed by atoms with Crippen LogP contribution in [-0.4, -0.2) is 17.6 Å². The highest BCUT2D eigenvalue weighted by atomic mass is 32.2. The third-order valence-electron chi connectivity index (χ3n) is 3.34. The van der Waals surface area contributed by atoms with Crippen LogP contribution in [0.15, 0.2) is 53.4 Å². The second kappa shape index (κ2) is 7.83. The lowest BCUT2D eigenvalue weighted by atomic mass is 10.0. The third kappa shape index (κ3) is 4.86. The molecule has 2 rings (SSSR count). The van der Waals surface area contributed by atoms with Crippen LogP contribution in [0.25, 0.3) is 0 Å². The maximum absolute atomic E-state index is 12.5. The molecule has 0 bridgehead atoms. The molecule has 0 aromatic heterocycles. The Balaban J connectivity index is 2.12. The van der Waals surface area contributed by atoms with Crippen molar-refractivity contribution in [2.75, 3.05) is 11.1 Å². The molecule has 2 aromatic rings. The standard InChI is InChI=1S/C18H20N2O2S/c1-12(2)13-7-9-14(10-8-13)20-18(22)15-5-3-4-6-16(15)23-11-17(19)21/h3-10,12H,11H2,1-2H3,(H2,19,21)(H,20,22). The zero-order valence-corrected chi connectivity index (χ0v) is 14.0. The van der Waals surface area contributed by atoms with E-state index in [1.165, 1.54) is 17.3 Å². The smallest absolute Gasteiger partial charge is 0.256 e. The second-order valence-corrected chi connectivity index (χ2v) is 6.50. The third-order valence-corrected chi connectivity index (χ3v) is 4.43. The lowest BCUT2D eigenvalue weighted by Gasteiger charge is -2.11. The van der Waals surface area contributed by atoms with Gasteiger partial charge in [-0.05, 0) is 35.7 Å². The summed E-state index contributed by atoms with van der Waals surface area (Å²) in [7, 11) is 0. The van der Waals surface area contributed by atoms with E-state index in [0.29, 0.717) is 11.5 Å². The van der Waals surface area contributed by atoms with Crippen molar-refractivity contribution in [2.24, 2.45) is 5.73 Å². The number of thioether (sulfide) groups is 1. The van der Waals surface area contributed by atoms with Crippen LogP contribution in [-0.2, 0) is 4.79 Å². The predicted molar refractivity (Wildman–Crippen MR) is 94.8 cm³/mol. The summed E-state index contributed by atoms with van der Waals surface area (Å²) in [6.45, 7) is 4.25. The molecule has 0 unspecified atom stereocenters. The Labute approximate surface area is 140 Å². The Kier molecular flexibility index (Phi) is 5.82. The van der Waals surface area contributed by atoms with Crippen molar-refractivity contribution in [1.82, 2.24) is 0 Å². The van der Waals surface area contributed by atoms with Gasteiger partial charge in [0.15, 0.2) is 0 Å². The summed E-state index contributed by atoms with van der Waals surface area (Å²) in [5, 5.41) is 2.88. The Hall–Kier alpha value is -2.27. The number of nitrogens with one attached hydrogen (secondary N) is 1. The molecule has 0 spiro atoms. The zero-order chi connectivity index (χ0) is 16.8. The fourth-order valence-electron chi connectivity index (χ4n) is 2.08. The van der Waals surface area contributed by atoms with Crippen LogP contribution < -0.4 is 11.1 Å². The number of anilines is 1. The minimum atomic E-state index is -0.408. The predicted octanol–water partition coefficient (Wildman–Crippen LogP) is 3.64. The molecule has 0 atom stereocenters. The molecule has 23 heavy (non-hydrogen) atoms. The molecule has 0 saturated heterocycles. The molecule has 0 heterocycles. The monoisotopic (exact) mass is 328 g/mol. The largest absolute Gasteiger partial charge is 0.369 e. The topological polar surface area (TPSA) is 72.2 Å². The van der Waals surface area contributed by atoms with Crippen molar-refractivity contribution in [3.63, 3.8) is 0 Å². The molecule has 0 fully saturated rings. The first-order valence-electron chi connectivity index (χ1n) is 7.39. The van der Waals surface area contributed by atoms with Gasteiger partial charge in [-0.15, -0.1) is 11.8 Å². The average Bonchev–Trinajstić information content (AvgIpc) is 2.53. The summed E-state index contributed by atoms with van der Waals surface area (Å²) >= 11 is 1.27. The van der Waals surface area contributed by atoms with Gasteiger partial charge in [0.1, 0.15) is 0 Å². The van der Waals surface area contributed by atoms with Crippen molar-refractivity contribution in [2.45, 2.75) is 24.7 Å². The van der Waals surface area contributed by atoms with E-state index in [0.717, 1.165) is 10.6 Å². The van der Waals surface area contributed by atoms with Gasteiger partial charge in [-0.2, -0.15) is 0 Å². The lowest BCUT2D eigenvalue weighted by molar-refractivity contribution is -0.115. The van der Waals surface area contributed by atoms with Crippen LogP contribution in [0.1, 0.15) is 35.7 Å². The maximum atomic E-state index is 12.5. The normalized spacial score (nSPS) is 10.6. The second-order valence-electron chi connectivity index (χ2n) is 5.48. The highest BCUT2D eigenvalue weighted by molar-refractivity contribution is 8.00. The van der Waals surface area contributed by atoms with Crippen LogP contribution in [0, 0.1) is 0 Å². The first-order chi connectivity index (χ1) is 11.0. The number of carbonyl (C=O) groups is 2. The van der Waals surface area contributed by atoms with Gasteiger partial charge in [0.05, 0.1) is 11.3 Å². The highest BCUT2D eigenvalue weighted by Crippen LogP contribution is 2.24. The summed E-state index contributed by atoms with van der Waals surface area (Å²) in [6.07, 6.45) is 0. The SMILES string of the molecule is CC(C)c1ccc(NC(=O)c2ccccc2SCC(N)=O)cc1. The zero-order valence-electron chi connectivity index (χ0n) is 13.2. The van der Waals surface area contributed by atoms with Crippen molar-refractivity contribution >= 4 is 29.3 Å². The van der Waals surface area contributed by atoms with E-state index in [1.807, 2.05) is 36.4 Å². The minimum absolute atomic E-state index is 0.146. The van der Waals surface area contributed by atoms with E-state index < -0.39 is 5.91 Å². The Bertz CT molecular complexity index is 696. The van der Waals surface area contributed by atoms with E-state index in [1.54, 1.807) is 12.1 Å². The van der Waals surface area contributed by atoms with Gasteiger partial charge in [-0.1, -0.05) is 38.1 Å². The molecular weight excluding hydrogens is 308 g/mol. The fourth-order valence-corrected chi connectivity index (χ4v) is 2.87. The average molecular weight is 328 g/mol. The summed E-state index contributed by atoms with van der Waals surface area (Å²) in [5.74, 6) is -0.0112. The van der Waals surface area contributed by atoms with Crippen LogP contribution in [0.2, 0.25) is 0 Å². The van der Waals surface area contributed by atoms with Crippen LogP contribution in [0.3, 0.4) is 0 Å². The fraction of sp³-hybridized carbons (Fsp3) is 0.222. The number of rotatable bonds is 6. The molecule has 2 amide bonds. The molecule has 0 aliphatic heterocycles. The van der Waals surface area contributed by atoms with Gasteiger partial charge in [-0.3, -0.25) is 9.59 Å². The van der Waals surface area contributed by atoms with Gasteiger partial charge < -0.3 is 11.1 Å². The van der Waals surface area contributed by atoms with Crippen LogP contribution in [0.4, 0.5) is 5.69 Å². The quantitative estimate of drug-likeness (QED) is 0.795. The van der Waals surface area contributed by atoms with Gasteiger partial charge in [0.2, 0.25) is 5.91 Å². The number of hydrogen-bond donors (Lipinski definition) is 2. The van der Waals surface area contributed by atoms with E-state index in [9.17, 15) is 9.59 Å². The molecule has 5 heteroatoms. The maximum Gasteiger partial charge on any atom is 0.256 e. The number of nitrogens with two attached hydrogens (primary N) is 1. The number of hydrogen-bond acceptors (Lipinski definition) is 3. The van der Waals surface area contributed by atoms with Crippen molar-refractivity contribution in [3.05, 3.63) is 59.7 Å². The van der Waals surface area contributed by atoms with Gasteiger partial charge in [0.25, 0.3) is 5.91 Å². The lowest BCUT2D eigenvalue weighted by Crippen LogP contribution is -2.15. The van der Waals surface area contributed by atoms with E-state index in [2.05, 4.69) is 19.2 Å². The van der Waals surface area contributed by atoms with Crippen LogP contribution in [0.5, 0.6) is 0 Å². The molecule has 0 saturated carbocycles. The Morgan fingerprint density at radius 1 is 1.09 bits per heavy atom. The molecule has 3 N–H and O–H groups in total. The first-order valence-corrected chi connectivity index (χ1v) is 8.37. The molecule has 4 nitrogen and oxygen atoms in total. The van der Waals surface area contributed by atoms with E-state index in [-0.39, 0.29) is 11.7 Å². The minimum Gasteiger partial charge on any atom is -0.369 e. The summed E-state index contributed by atoms with van der Waals surface area (Å²) in [5.41, 5.74) is 7.67. The van der Waals surface area contributed by atoms with Crippen LogP contribution >= 0.6 is 11.8 Å². The Morgan fingerprint density at radius 2 is 1.74 bits per heavy atom. The van der Waals surface area contributed by atoms with Gasteiger partial charge in [-0.25, -0.2) is 0 Å². The van der Waals surface area contributed by atoms with E-state index >= 15 is 0 Å². The number of carbonyl (C=O) groups excluding carboxylic acids is 2. The van der Waals surface area contributed by atoms with Gasteiger partial charge in [0, 0.05) is 10.6 Å². The van der Waals surface area contributed by atoms with E-state index in [4.69, 9.17) is 5.73 Å². The summed E-state index contributed by atoms with van der Waals surface area (Å²) < 4.78 is 0. The molecule has 0 aliphatic carbocycles. The number of benzene rings is 2. The molecular formula is C18H20N2O2S. The van der Waals surface area contributed by atoms with Gasteiger partial charge >= 0.3 is 0 Å². The molecule has 0 radical (unpaired) electrons.